The van der Waals surface area contributed by atoms with Crippen molar-refractivity contribution in [3.8, 4) is 5.69 Å². The molecule has 4 rings (SSSR count). The van der Waals surface area contributed by atoms with Gasteiger partial charge in [0.1, 0.15) is 17.7 Å². The number of anilines is 1. The van der Waals surface area contributed by atoms with E-state index in [0.717, 1.165) is 39.4 Å². The van der Waals surface area contributed by atoms with Crippen LogP contribution in [0, 0.1) is 13.8 Å². The SMILES string of the molecule is CNc1cc[n+](C/C(F)=C/c2ccc3c(c2)ncn3-c2c(C)noc2C)cc1. The van der Waals surface area contributed by atoms with Crippen LogP contribution in [0.3, 0.4) is 0 Å². The summed E-state index contributed by atoms with van der Waals surface area (Å²) in [6, 6.07) is 9.49. The molecule has 0 saturated heterocycles. The molecule has 4 aromatic rings. The third-order valence-corrected chi connectivity index (χ3v) is 4.64. The molecule has 0 spiro atoms. The van der Waals surface area contributed by atoms with E-state index in [2.05, 4.69) is 15.5 Å². The summed E-state index contributed by atoms with van der Waals surface area (Å²) in [7, 11) is 1.85. The number of allylic oxidation sites excluding steroid dienone is 1. The van der Waals surface area contributed by atoms with Gasteiger partial charge < -0.3 is 9.84 Å². The Labute approximate surface area is 161 Å². The summed E-state index contributed by atoms with van der Waals surface area (Å²) in [5, 5.41) is 7.04. The van der Waals surface area contributed by atoms with Crippen LogP contribution in [0.4, 0.5) is 10.1 Å². The summed E-state index contributed by atoms with van der Waals surface area (Å²) in [5.74, 6) is 0.500. The van der Waals surface area contributed by atoms with E-state index >= 15 is 0 Å². The average molecular weight is 378 g/mol. The summed E-state index contributed by atoms with van der Waals surface area (Å²) in [4.78, 5) is 4.46. The Kier molecular flexibility index (Phi) is 4.65. The van der Waals surface area contributed by atoms with Crippen LogP contribution in [-0.2, 0) is 6.54 Å². The summed E-state index contributed by atoms with van der Waals surface area (Å²) in [6.07, 6.45) is 6.95. The van der Waals surface area contributed by atoms with Crippen molar-refractivity contribution < 1.29 is 13.5 Å². The van der Waals surface area contributed by atoms with Crippen molar-refractivity contribution in [3.05, 3.63) is 71.9 Å². The minimum absolute atomic E-state index is 0.176. The zero-order valence-electron chi connectivity index (χ0n) is 16.0. The highest BCUT2D eigenvalue weighted by molar-refractivity contribution is 5.80. The van der Waals surface area contributed by atoms with Gasteiger partial charge in [-0.05, 0) is 37.6 Å². The number of aryl methyl sites for hydroxylation is 2. The minimum Gasteiger partial charge on any atom is -0.388 e. The summed E-state index contributed by atoms with van der Waals surface area (Å²) in [5.41, 5.74) is 5.14. The van der Waals surface area contributed by atoms with Crippen molar-refractivity contribution in [2.24, 2.45) is 0 Å². The van der Waals surface area contributed by atoms with E-state index in [1.54, 1.807) is 10.9 Å². The average Bonchev–Trinajstić information content (AvgIpc) is 3.24. The zero-order valence-corrected chi connectivity index (χ0v) is 16.0. The maximum absolute atomic E-state index is 14.5. The number of benzene rings is 1. The number of fused-ring (bicyclic) bond motifs is 1. The first kappa shape index (κ1) is 17.9. The summed E-state index contributed by atoms with van der Waals surface area (Å²) < 4.78 is 23.5. The normalized spacial score (nSPS) is 11.9. The number of pyridine rings is 1. The maximum atomic E-state index is 14.5. The quantitative estimate of drug-likeness (QED) is 0.534. The molecule has 7 heteroatoms. The topological polar surface area (TPSA) is 59.8 Å². The molecule has 0 atom stereocenters. The zero-order chi connectivity index (χ0) is 19.7. The van der Waals surface area contributed by atoms with Crippen molar-refractivity contribution in [2.75, 3.05) is 12.4 Å². The van der Waals surface area contributed by atoms with Gasteiger partial charge in [0.2, 0.25) is 0 Å². The monoisotopic (exact) mass is 378 g/mol. The Balaban J connectivity index is 1.60. The molecule has 28 heavy (non-hydrogen) atoms. The Hall–Kier alpha value is -3.48. The molecular formula is C21H21FN5O+. The predicted molar refractivity (Wildman–Crippen MR) is 106 cm³/mol. The second-order valence-corrected chi connectivity index (χ2v) is 6.64. The molecule has 6 nitrogen and oxygen atoms in total. The van der Waals surface area contributed by atoms with Gasteiger partial charge in [-0.2, -0.15) is 4.57 Å². The largest absolute Gasteiger partial charge is 0.388 e. The van der Waals surface area contributed by atoms with Crippen LogP contribution in [0.25, 0.3) is 22.8 Å². The van der Waals surface area contributed by atoms with E-state index in [9.17, 15) is 4.39 Å². The molecular weight excluding hydrogens is 357 g/mol. The molecule has 0 saturated carbocycles. The van der Waals surface area contributed by atoms with Crippen LogP contribution in [0.15, 0.2) is 59.4 Å². The van der Waals surface area contributed by atoms with Gasteiger partial charge >= 0.3 is 0 Å². The van der Waals surface area contributed by atoms with Gasteiger partial charge in [-0.1, -0.05) is 11.2 Å². The standard InChI is InChI=1S/C21H20FN5O/c1-14-21(15(2)28-25-14)27-13-24-19-11-16(4-5-20(19)27)10-17(22)12-26-8-6-18(23-3)7-9-26/h4-11,13H,12H2,1-3H3/p+1/b17-10-. The second kappa shape index (κ2) is 7.26. The van der Waals surface area contributed by atoms with E-state index in [0.29, 0.717) is 0 Å². The summed E-state index contributed by atoms with van der Waals surface area (Å²) in [6.45, 7) is 3.94. The molecule has 1 aromatic carbocycles. The highest BCUT2D eigenvalue weighted by Crippen LogP contribution is 2.24. The fourth-order valence-corrected chi connectivity index (χ4v) is 3.25. The highest BCUT2D eigenvalue weighted by atomic mass is 19.1. The van der Waals surface area contributed by atoms with Gasteiger partial charge in [0.05, 0.1) is 11.0 Å². The van der Waals surface area contributed by atoms with Crippen LogP contribution in [0.2, 0.25) is 0 Å². The van der Waals surface area contributed by atoms with E-state index in [-0.39, 0.29) is 12.4 Å². The van der Waals surface area contributed by atoms with E-state index in [4.69, 9.17) is 4.52 Å². The van der Waals surface area contributed by atoms with Crippen molar-refractivity contribution in [1.82, 2.24) is 14.7 Å². The van der Waals surface area contributed by atoms with Crippen molar-refractivity contribution in [1.29, 1.82) is 0 Å². The minimum atomic E-state index is -0.230. The molecule has 0 aliphatic carbocycles. The molecule has 0 fully saturated rings. The molecule has 3 heterocycles. The van der Waals surface area contributed by atoms with E-state index < -0.39 is 0 Å². The van der Waals surface area contributed by atoms with Gasteiger partial charge in [-0.3, -0.25) is 4.57 Å². The Morgan fingerprint density at radius 3 is 2.71 bits per heavy atom. The lowest BCUT2D eigenvalue weighted by Crippen LogP contribution is -2.32. The molecule has 0 radical (unpaired) electrons. The molecule has 1 N–H and O–H groups in total. The fraction of sp³-hybridized carbons (Fsp3) is 0.190. The third kappa shape index (κ3) is 3.38. The third-order valence-electron chi connectivity index (χ3n) is 4.64. The van der Waals surface area contributed by atoms with E-state index in [1.165, 1.54) is 6.08 Å². The fourth-order valence-electron chi connectivity index (χ4n) is 3.25. The van der Waals surface area contributed by atoms with Crippen LogP contribution in [0.1, 0.15) is 17.0 Å². The molecule has 0 amide bonds. The van der Waals surface area contributed by atoms with Crippen molar-refractivity contribution in [2.45, 2.75) is 20.4 Å². The molecule has 0 bridgehead atoms. The smallest absolute Gasteiger partial charge is 0.199 e. The Morgan fingerprint density at radius 2 is 2.04 bits per heavy atom. The second-order valence-electron chi connectivity index (χ2n) is 6.64. The van der Waals surface area contributed by atoms with Gasteiger partial charge in [0.25, 0.3) is 0 Å². The number of rotatable bonds is 5. The first-order valence-electron chi connectivity index (χ1n) is 8.98. The van der Waals surface area contributed by atoms with Crippen molar-refractivity contribution >= 4 is 22.8 Å². The van der Waals surface area contributed by atoms with E-state index in [1.807, 2.05) is 68.2 Å². The van der Waals surface area contributed by atoms with Gasteiger partial charge in [-0.25, -0.2) is 9.37 Å². The van der Waals surface area contributed by atoms with Gasteiger partial charge in [0.15, 0.2) is 30.5 Å². The van der Waals surface area contributed by atoms with Crippen molar-refractivity contribution in [3.63, 3.8) is 0 Å². The lowest BCUT2D eigenvalue weighted by atomic mass is 10.1. The molecule has 142 valence electrons. The molecule has 0 unspecified atom stereocenters. The van der Waals surface area contributed by atoms with Crippen LogP contribution in [-0.4, -0.2) is 21.8 Å². The number of nitrogens with zero attached hydrogens (tertiary/aromatic N) is 4. The number of halogens is 1. The first-order valence-corrected chi connectivity index (χ1v) is 8.98. The predicted octanol–water partition coefficient (Wildman–Crippen LogP) is 3.97. The highest BCUT2D eigenvalue weighted by Gasteiger charge is 2.14. The number of imidazole rings is 1. The lowest BCUT2D eigenvalue weighted by Gasteiger charge is -2.03. The van der Waals surface area contributed by atoms with Crippen LogP contribution >= 0.6 is 0 Å². The number of nitrogens with one attached hydrogen (secondary N) is 1. The Bertz CT molecular complexity index is 1140. The molecule has 3 aromatic heterocycles. The van der Waals surface area contributed by atoms with Gasteiger partial charge in [0, 0.05) is 24.9 Å². The van der Waals surface area contributed by atoms with Gasteiger partial charge in [-0.15, -0.1) is 0 Å². The molecule has 0 aliphatic heterocycles. The first-order chi connectivity index (χ1) is 13.5. The maximum Gasteiger partial charge on any atom is 0.199 e. The number of hydrogen-bond acceptors (Lipinski definition) is 4. The van der Waals surface area contributed by atoms with Crippen LogP contribution < -0.4 is 9.88 Å². The number of aromatic nitrogens is 4. The molecule has 0 aliphatic rings. The lowest BCUT2D eigenvalue weighted by molar-refractivity contribution is -0.690. The van der Waals surface area contributed by atoms with Crippen LogP contribution in [0.5, 0.6) is 0 Å². The Morgan fingerprint density at radius 1 is 1.25 bits per heavy atom. The summed E-state index contributed by atoms with van der Waals surface area (Å²) >= 11 is 0. The number of hydrogen-bond donors (Lipinski definition) is 1.